The minimum Gasteiger partial charge on any atom is -0.488 e. The fraction of sp³-hybridized carbons (Fsp3) is 0.611. The first-order chi connectivity index (χ1) is 10.3. The highest BCUT2D eigenvalue weighted by Gasteiger charge is 2.30. The Labute approximate surface area is 146 Å². The zero-order valence-corrected chi connectivity index (χ0v) is 15.8. The maximum absolute atomic E-state index is 12.1. The summed E-state index contributed by atoms with van der Waals surface area (Å²) in [5.74, 6) is 1.21. The Morgan fingerprint density at radius 1 is 1.18 bits per heavy atom. The number of rotatable bonds is 5. The molecule has 2 rings (SSSR count). The first-order valence-corrected chi connectivity index (χ1v) is 9.13. The van der Waals surface area contributed by atoms with E-state index in [1.54, 1.807) is 0 Å². The van der Waals surface area contributed by atoms with E-state index in [2.05, 4.69) is 29.5 Å². The SMILES string of the molecule is CCC(C)(I)C(=O)Oc1ccc(OC2(C)CCCCC2)cc1. The van der Waals surface area contributed by atoms with Crippen LogP contribution in [0.1, 0.15) is 59.3 Å². The quantitative estimate of drug-likeness (QED) is 0.283. The topological polar surface area (TPSA) is 35.5 Å². The molecule has 22 heavy (non-hydrogen) atoms. The van der Waals surface area contributed by atoms with Gasteiger partial charge in [0.25, 0.3) is 0 Å². The Morgan fingerprint density at radius 2 is 1.73 bits per heavy atom. The summed E-state index contributed by atoms with van der Waals surface area (Å²) >= 11 is 2.14. The van der Waals surface area contributed by atoms with Gasteiger partial charge in [-0.1, -0.05) is 35.9 Å². The van der Waals surface area contributed by atoms with Gasteiger partial charge >= 0.3 is 5.97 Å². The molecule has 1 saturated carbocycles. The van der Waals surface area contributed by atoms with Crippen molar-refractivity contribution in [3.8, 4) is 11.5 Å². The van der Waals surface area contributed by atoms with Gasteiger partial charge in [-0.05, 0) is 70.2 Å². The lowest BCUT2D eigenvalue weighted by atomic mass is 9.86. The molecule has 0 bridgehead atoms. The monoisotopic (exact) mass is 416 g/mol. The Hall–Kier alpha value is -0.780. The third-order valence-electron chi connectivity index (χ3n) is 4.40. The molecular weight excluding hydrogens is 391 g/mol. The largest absolute Gasteiger partial charge is 0.488 e. The second-order valence-electron chi connectivity index (χ2n) is 6.52. The van der Waals surface area contributed by atoms with E-state index in [9.17, 15) is 4.79 Å². The number of hydrogen-bond acceptors (Lipinski definition) is 3. The van der Waals surface area contributed by atoms with E-state index >= 15 is 0 Å². The van der Waals surface area contributed by atoms with Gasteiger partial charge in [-0.3, -0.25) is 4.79 Å². The third kappa shape index (κ3) is 4.61. The Kier molecular flexibility index (Phi) is 5.75. The zero-order valence-electron chi connectivity index (χ0n) is 13.7. The summed E-state index contributed by atoms with van der Waals surface area (Å²) in [6.45, 7) is 6.05. The van der Waals surface area contributed by atoms with Gasteiger partial charge in [0.1, 0.15) is 20.5 Å². The first-order valence-electron chi connectivity index (χ1n) is 8.05. The molecule has 1 unspecified atom stereocenters. The summed E-state index contributed by atoms with van der Waals surface area (Å²) < 4.78 is 11.1. The number of hydrogen-bond donors (Lipinski definition) is 0. The van der Waals surface area contributed by atoms with E-state index in [4.69, 9.17) is 9.47 Å². The van der Waals surface area contributed by atoms with Crippen LogP contribution in [-0.2, 0) is 4.79 Å². The predicted octanol–water partition coefficient (Wildman–Crippen LogP) is 5.30. The van der Waals surface area contributed by atoms with Crippen LogP contribution < -0.4 is 9.47 Å². The lowest BCUT2D eigenvalue weighted by molar-refractivity contribution is -0.136. The van der Waals surface area contributed by atoms with E-state index < -0.39 is 3.42 Å². The van der Waals surface area contributed by atoms with Crippen molar-refractivity contribution in [3.05, 3.63) is 24.3 Å². The number of carbonyl (C=O) groups is 1. The minimum absolute atomic E-state index is 0.0561. The molecule has 1 aliphatic carbocycles. The minimum atomic E-state index is -0.484. The molecule has 0 N–H and O–H groups in total. The van der Waals surface area contributed by atoms with E-state index in [0.717, 1.165) is 25.0 Å². The molecule has 0 radical (unpaired) electrons. The van der Waals surface area contributed by atoms with Gasteiger partial charge in [-0.2, -0.15) is 0 Å². The number of halogens is 1. The number of carbonyl (C=O) groups excluding carboxylic acids is 1. The summed E-state index contributed by atoms with van der Waals surface area (Å²) in [7, 11) is 0. The molecule has 0 aromatic heterocycles. The highest BCUT2D eigenvalue weighted by Crippen LogP contribution is 2.33. The van der Waals surface area contributed by atoms with Crippen molar-refractivity contribution >= 4 is 28.6 Å². The van der Waals surface area contributed by atoms with Crippen LogP contribution in [0.3, 0.4) is 0 Å². The number of ether oxygens (including phenoxy) is 2. The molecule has 0 spiro atoms. The lowest BCUT2D eigenvalue weighted by Gasteiger charge is -2.34. The van der Waals surface area contributed by atoms with Gasteiger partial charge in [0, 0.05) is 0 Å². The summed E-state index contributed by atoms with van der Waals surface area (Å²) in [6.07, 6.45) is 6.72. The van der Waals surface area contributed by atoms with Crippen molar-refractivity contribution < 1.29 is 14.3 Å². The maximum Gasteiger partial charge on any atom is 0.327 e. The van der Waals surface area contributed by atoms with Gasteiger partial charge in [0.15, 0.2) is 0 Å². The Balaban J connectivity index is 1.97. The van der Waals surface area contributed by atoms with Crippen molar-refractivity contribution in [1.82, 2.24) is 0 Å². The molecule has 3 nitrogen and oxygen atoms in total. The van der Waals surface area contributed by atoms with Crippen molar-refractivity contribution in [1.29, 1.82) is 0 Å². The summed E-state index contributed by atoms with van der Waals surface area (Å²) in [6, 6.07) is 7.39. The molecule has 1 fully saturated rings. The second-order valence-corrected chi connectivity index (χ2v) is 8.91. The third-order valence-corrected chi connectivity index (χ3v) is 5.60. The molecule has 0 aliphatic heterocycles. The van der Waals surface area contributed by atoms with Crippen LogP contribution in [0.4, 0.5) is 0 Å². The Bertz CT molecular complexity index is 502. The van der Waals surface area contributed by atoms with Crippen molar-refractivity contribution in [2.75, 3.05) is 0 Å². The van der Waals surface area contributed by atoms with Crippen molar-refractivity contribution in [2.45, 2.75) is 68.3 Å². The molecule has 1 aromatic carbocycles. The van der Waals surface area contributed by atoms with Crippen LogP contribution in [0, 0.1) is 0 Å². The van der Waals surface area contributed by atoms with Crippen LogP contribution in [0.25, 0.3) is 0 Å². The molecular formula is C18H25IO3. The van der Waals surface area contributed by atoms with Crippen LogP contribution in [-0.4, -0.2) is 15.0 Å². The van der Waals surface area contributed by atoms with Crippen LogP contribution in [0.15, 0.2) is 24.3 Å². The molecule has 0 amide bonds. The zero-order chi connectivity index (χ0) is 16.2. The van der Waals surface area contributed by atoms with Crippen molar-refractivity contribution in [3.63, 3.8) is 0 Å². The Morgan fingerprint density at radius 3 is 2.27 bits per heavy atom. The van der Waals surface area contributed by atoms with E-state index in [1.807, 2.05) is 38.1 Å². The van der Waals surface area contributed by atoms with E-state index in [0.29, 0.717) is 5.75 Å². The molecule has 0 heterocycles. The van der Waals surface area contributed by atoms with E-state index in [-0.39, 0.29) is 11.6 Å². The van der Waals surface area contributed by atoms with Gasteiger partial charge in [0.05, 0.1) is 0 Å². The van der Waals surface area contributed by atoms with Crippen molar-refractivity contribution in [2.24, 2.45) is 0 Å². The number of alkyl halides is 1. The highest BCUT2D eigenvalue weighted by atomic mass is 127. The smallest absolute Gasteiger partial charge is 0.327 e. The average molecular weight is 416 g/mol. The number of esters is 1. The van der Waals surface area contributed by atoms with Crippen LogP contribution in [0.2, 0.25) is 0 Å². The van der Waals surface area contributed by atoms with Crippen LogP contribution in [0.5, 0.6) is 11.5 Å². The van der Waals surface area contributed by atoms with Crippen LogP contribution >= 0.6 is 22.6 Å². The molecule has 1 aliphatic rings. The predicted molar refractivity (Wildman–Crippen MR) is 96.9 cm³/mol. The summed E-state index contributed by atoms with van der Waals surface area (Å²) in [5.41, 5.74) is -0.0561. The molecule has 4 heteroatoms. The standard InChI is InChI=1S/C18H25IO3/c1-4-18(3,19)16(20)21-14-8-10-15(11-9-14)22-17(2)12-6-5-7-13-17/h8-11H,4-7,12-13H2,1-3H3. The molecule has 122 valence electrons. The molecule has 1 aromatic rings. The first kappa shape index (κ1) is 17.6. The fourth-order valence-electron chi connectivity index (χ4n) is 2.62. The van der Waals surface area contributed by atoms with Gasteiger partial charge in [-0.15, -0.1) is 0 Å². The normalized spacial score (nSPS) is 20.0. The summed E-state index contributed by atoms with van der Waals surface area (Å²) in [5, 5.41) is 0. The highest BCUT2D eigenvalue weighted by molar-refractivity contribution is 14.1. The lowest BCUT2D eigenvalue weighted by Crippen LogP contribution is -2.34. The average Bonchev–Trinajstić information content (AvgIpc) is 2.49. The molecule has 0 saturated heterocycles. The van der Waals surface area contributed by atoms with Gasteiger partial charge in [-0.25, -0.2) is 0 Å². The second kappa shape index (κ2) is 7.20. The van der Waals surface area contributed by atoms with Gasteiger partial charge in [0.2, 0.25) is 0 Å². The number of benzene rings is 1. The van der Waals surface area contributed by atoms with Gasteiger partial charge < -0.3 is 9.47 Å². The molecule has 1 atom stereocenters. The van der Waals surface area contributed by atoms with E-state index in [1.165, 1.54) is 19.3 Å². The summed E-state index contributed by atoms with van der Waals surface area (Å²) in [4.78, 5) is 12.1. The fourth-order valence-corrected chi connectivity index (χ4v) is 2.73. The maximum atomic E-state index is 12.1.